The first-order valence-electron chi connectivity index (χ1n) is 6.52. The molecule has 0 atom stereocenters. The number of benzene rings is 2. The van der Waals surface area contributed by atoms with E-state index in [1.165, 1.54) is 31.2 Å². The summed E-state index contributed by atoms with van der Waals surface area (Å²) in [6.45, 7) is 1.44. The molecule has 2 aromatic carbocycles. The fourth-order valence-electron chi connectivity index (χ4n) is 1.87. The molecule has 2 amide bonds. The number of anilines is 1. The number of carbonyl (C=O) groups is 2. The largest absolute Gasteiger partial charge is 0.508 e. The number of sulfonamides is 1. The van der Waals surface area contributed by atoms with Crippen molar-refractivity contribution in [3.63, 3.8) is 0 Å². The quantitative estimate of drug-likeness (QED) is 0.684. The van der Waals surface area contributed by atoms with Crippen LogP contribution < -0.4 is 10.0 Å². The van der Waals surface area contributed by atoms with E-state index in [1.54, 1.807) is 24.3 Å². The van der Waals surface area contributed by atoms with Gasteiger partial charge in [-0.15, -0.1) is 0 Å². The van der Waals surface area contributed by atoms with Crippen molar-refractivity contribution >= 4 is 27.5 Å². The van der Waals surface area contributed by atoms with Crippen LogP contribution in [0.25, 0.3) is 0 Å². The molecule has 8 heteroatoms. The van der Waals surface area contributed by atoms with Crippen molar-refractivity contribution in [3.05, 3.63) is 54.1 Å². The van der Waals surface area contributed by atoms with E-state index in [2.05, 4.69) is 5.32 Å². The monoisotopic (exact) mass is 334 g/mol. The minimum atomic E-state index is -3.55. The van der Waals surface area contributed by atoms with Gasteiger partial charge >= 0.3 is 0 Å². The average Bonchev–Trinajstić information content (AvgIpc) is 2.72. The Bertz CT molecular complexity index is 844. The zero-order chi connectivity index (χ0) is 17.0. The molecule has 0 fully saturated rings. The van der Waals surface area contributed by atoms with Crippen LogP contribution in [-0.4, -0.2) is 25.3 Å². The van der Waals surface area contributed by atoms with Gasteiger partial charge in [0.05, 0.1) is 5.56 Å². The molecule has 0 saturated carbocycles. The Kier molecular flexibility index (Phi) is 4.65. The Balaban J connectivity index is 0.000000168. The first-order chi connectivity index (χ1) is 10.8. The van der Waals surface area contributed by atoms with Gasteiger partial charge in [-0.3, -0.25) is 9.59 Å². The van der Waals surface area contributed by atoms with Gasteiger partial charge in [-0.2, -0.15) is 0 Å². The van der Waals surface area contributed by atoms with Gasteiger partial charge in [0.2, 0.25) is 5.91 Å². The van der Waals surface area contributed by atoms with E-state index in [1.807, 2.05) is 4.72 Å². The van der Waals surface area contributed by atoms with Crippen LogP contribution >= 0.6 is 0 Å². The van der Waals surface area contributed by atoms with Crippen molar-refractivity contribution in [1.82, 2.24) is 4.72 Å². The first-order valence-corrected chi connectivity index (χ1v) is 8.01. The highest BCUT2D eigenvalue weighted by atomic mass is 32.2. The van der Waals surface area contributed by atoms with Crippen molar-refractivity contribution in [1.29, 1.82) is 0 Å². The van der Waals surface area contributed by atoms with Gasteiger partial charge < -0.3 is 10.4 Å². The molecule has 3 N–H and O–H groups in total. The summed E-state index contributed by atoms with van der Waals surface area (Å²) in [5.41, 5.74) is 0.910. The van der Waals surface area contributed by atoms with Crippen LogP contribution in [0.15, 0.2) is 53.4 Å². The Morgan fingerprint density at radius 2 is 1.70 bits per heavy atom. The van der Waals surface area contributed by atoms with Crippen molar-refractivity contribution in [2.45, 2.75) is 11.8 Å². The highest BCUT2D eigenvalue weighted by Crippen LogP contribution is 2.20. The highest BCUT2D eigenvalue weighted by molar-refractivity contribution is 7.90. The summed E-state index contributed by atoms with van der Waals surface area (Å²) in [7, 11) is -3.55. The maximum Gasteiger partial charge on any atom is 0.266 e. The molecule has 1 aliphatic heterocycles. The molecule has 0 aliphatic carbocycles. The normalized spacial score (nSPS) is 14.0. The molecule has 0 bridgehead atoms. The van der Waals surface area contributed by atoms with Crippen molar-refractivity contribution < 1.29 is 23.1 Å². The van der Waals surface area contributed by atoms with Crippen LogP contribution in [0.3, 0.4) is 0 Å². The second kappa shape index (κ2) is 6.49. The molecule has 0 spiro atoms. The molecule has 7 nitrogen and oxygen atoms in total. The topological polar surface area (TPSA) is 113 Å². The third kappa shape index (κ3) is 4.07. The number of carbonyl (C=O) groups excluding carboxylic acids is 2. The van der Waals surface area contributed by atoms with Crippen LogP contribution in [0.2, 0.25) is 0 Å². The minimum absolute atomic E-state index is 0.0648. The average molecular weight is 334 g/mol. The molecule has 120 valence electrons. The number of hydrogen-bond donors (Lipinski definition) is 3. The molecule has 0 radical (unpaired) electrons. The Labute approximate surface area is 133 Å². The van der Waals surface area contributed by atoms with Crippen molar-refractivity contribution in [2.24, 2.45) is 0 Å². The van der Waals surface area contributed by atoms with E-state index in [9.17, 15) is 18.0 Å². The number of phenols is 1. The predicted octanol–water partition coefficient (Wildman–Crippen LogP) is 1.47. The molecule has 0 unspecified atom stereocenters. The fourth-order valence-corrected chi connectivity index (χ4v) is 3.04. The second-order valence-corrected chi connectivity index (χ2v) is 6.31. The van der Waals surface area contributed by atoms with Crippen LogP contribution in [0.5, 0.6) is 5.75 Å². The van der Waals surface area contributed by atoms with E-state index in [0.29, 0.717) is 5.69 Å². The maximum absolute atomic E-state index is 11.1. The number of fused-ring (bicyclic) bond motifs is 1. The standard InChI is InChI=1S/C8H9NO2.C7H5NO3S/c1-6(10)9-7-2-4-8(11)5-3-7;9-7-5-3-1-2-4-6(5)12(10,11)8-7/h2-5,11H,1H3,(H,9,10);1-4H,(H,8,9). The zero-order valence-corrected chi connectivity index (χ0v) is 12.9. The molecule has 1 aliphatic rings. The SMILES string of the molecule is CC(=O)Nc1ccc(O)cc1.O=C1NS(=O)(=O)c2ccccc21. The smallest absolute Gasteiger partial charge is 0.266 e. The van der Waals surface area contributed by atoms with Gasteiger partial charge in [-0.25, -0.2) is 13.1 Å². The van der Waals surface area contributed by atoms with Crippen LogP contribution in [-0.2, 0) is 14.8 Å². The summed E-state index contributed by atoms with van der Waals surface area (Å²) < 4.78 is 24.2. The molecule has 2 aromatic rings. The van der Waals surface area contributed by atoms with E-state index < -0.39 is 15.9 Å². The van der Waals surface area contributed by atoms with Crippen LogP contribution in [0.1, 0.15) is 17.3 Å². The molecule has 0 aromatic heterocycles. The summed E-state index contributed by atoms with van der Waals surface area (Å²) in [5, 5.41) is 11.5. The van der Waals surface area contributed by atoms with E-state index in [-0.39, 0.29) is 22.1 Å². The lowest BCUT2D eigenvalue weighted by molar-refractivity contribution is -0.114. The van der Waals surface area contributed by atoms with Crippen molar-refractivity contribution in [2.75, 3.05) is 5.32 Å². The summed E-state index contributed by atoms with van der Waals surface area (Å²) in [6.07, 6.45) is 0. The number of rotatable bonds is 1. The van der Waals surface area contributed by atoms with Gasteiger partial charge in [0.1, 0.15) is 10.6 Å². The lowest BCUT2D eigenvalue weighted by Crippen LogP contribution is -2.20. The van der Waals surface area contributed by atoms with Crippen LogP contribution in [0.4, 0.5) is 5.69 Å². The molecule has 3 rings (SSSR count). The Hall–Kier alpha value is -2.87. The van der Waals surface area contributed by atoms with Gasteiger partial charge in [-0.05, 0) is 36.4 Å². The lowest BCUT2D eigenvalue weighted by Gasteiger charge is -1.99. The molecule has 0 saturated heterocycles. The number of hydrogen-bond acceptors (Lipinski definition) is 5. The number of phenolic OH excluding ortho intramolecular Hbond substituents is 1. The van der Waals surface area contributed by atoms with Gasteiger partial charge in [0, 0.05) is 12.6 Å². The number of amides is 2. The summed E-state index contributed by atoms with van der Waals surface area (Å²) >= 11 is 0. The van der Waals surface area contributed by atoms with Gasteiger partial charge in [0.25, 0.3) is 15.9 Å². The lowest BCUT2D eigenvalue weighted by atomic mass is 10.2. The van der Waals surface area contributed by atoms with Crippen molar-refractivity contribution in [3.8, 4) is 5.75 Å². The van der Waals surface area contributed by atoms with Gasteiger partial charge in [-0.1, -0.05) is 12.1 Å². The Morgan fingerprint density at radius 3 is 2.26 bits per heavy atom. The minimum Gasteiger partial charge on any atom is -0.508 e. The van der Waals surface area contributed by atoms with Crippen LogP contribution in [0, 0.1) is 0 Å². The summed E-state index contributed by atoms with van der Waals surface area (Å²) in [5.74, 6) is -0.472. The Morgan fingerprint density at radius 1 is 1.09 bits per heavy atom. The molecule has 23 heavy (non-hydrogen) atoms. The van der Waals surface area contributed by atoms with Gasteiger partial charge in [0.15, 0.2) is 0 Å². The second-order valence-electron chi connectivity index (χ2n) is 4.66. The number of aromatic hydroxyl groups is 1. The third-order valence-corrected chi connectivity index (χ3v) is 4.23. The predicted molar refractivity (Wildman–Crippen MR) is 83.5 cm³/mol. The summed E-state index contributed by atoms with van der Waals surface area (Å²) in [6, 6.07) is 12.4. The number of nitrogens with one attached hydrogen (secondary N) is 2. The van der Waals surface area contributed by atoms with E-state index in [0.717, 1.165) is 0 Å². The highest BCUT2D eigenvalue weighted by Gasteiger charge is 2.31. The molecular formula is C15H14N2O5S. The maximum atomic E-state index is 11.1. The molecule has 1 heterocycles. The zero-order valence-electron chi connectivity index (χ0n) is 12.1. The fraction of sp³-hybridized carbons (Fsp3) is 0.0667. The molecular weight excluding hydrogens is 320 g/mol. The van der Waals surface area contributed by atoms with E-state index in [4.69, 9.17) is 5.11 Å². The third-order valence-electron chi connectivity index (χ3n) is 2.84. The first kappa shape index (κ1) is 16.5. The summed E-state index contributed by atoms with van der Waals surface area (Å²) in [4.78, 5) is 21.6. The van der Waals surface area contributed by atoms with E-state index >= 15 is 0 Å².